The number of hydrogen-bond acceptors (Lipinski definition) is 3. The van der Waals surface area contributed by atoms with Crippen LogP contribution in [0.4, 0.5) is 11.4 Å². The van der Waals surface area contributed by atoms with Crippen molar-refractivity contribution in [2.75, 3.05) is 11.1 Å². The zero-order valence-electron chi connectivity index (χ0n) is 9.77. The van der Waals surface area contributed by atoms with Crippen LogP contribution in [0.2, 0.25) is 0 Å². The lowest BCUT2D eigenvalue weighted by Crippen LogP contribution is -2.15. The molecule has 0 radical (unpaired) electrons. The lowest BCUT2D eigenvalue weighted by Gasteiger charge is -2.09. The van der Waals surface area contributed by atoms with E-state index in [4.69, 9.17) is 5.73 Å². The maximum atomic E-state index is 12.1. The Morgan fingerprint density at radius 1 is 1.39 bits per heavy atom. The minimum Gasteiger partial charge on any atom is -0.397 e. The monoisotopic (exact) mass is 353 g/mol. The fourth-order valence-corrected chi connectivity index (χ4v) is 2.05. The van der Waals surface area contributed by atoms with Crippen LogP contribution in [0.3, 0.4) is 0 Å². The summed E-state index contributed by atoms with van der Waals surface area (Å²) in [6, 6.07) is 9.22. The largest absolute Gasteiger partial charge is 0.397 e. The van der Waals surface area contributed by atoms with Crippen LogP contribution in [0.1, 0.15) is 16.1 Å². The second-order valence-electron chi connectivity index (χ2n) is 3.84. The van der Waals surface area contributed by atoms with Crippen LogP contribution < -0.4 is 11.1 Å². The van der Waals surface area contributed by atoms with E-state index in [2.05, 4.69) is 32.9 Å². The maximum Gasteiger partial charge on any atom is 0.257 e. The summed E-state index contributed by atoms with van der Waals surface area (Å²) in [7, 11) is 0. The molecular formula is C13H12IN3O. The number of nitrogens with one attached hydrogen (secondary N) is 1. The van der Waals surface area contributed by atoms with Gasteiger partial charge in [-0.15, -0.1) is 0 Å². The van der Waals surface area contributed by atoms with Gasteiger partial charge in [0, 0.05) is 3.57 Å². The Labute approximate surface area is 119 Å². The first-order valence-electron chi connectivity index (χ1n) is 5.36. The standard InChI is InChI=1S/C13H12IN3O/c1-8-10(6-9(15)7-16-8)13(18)17-12-5-3-2-4-11(12)14/h2-7H,15H2,1H3,(H,17,18). The number of anilines is 2. The molecule has 1 aromatic carbocycles. The van der Waals surface area contributed by atoms with Gasteiger partial charge in [0.2, 0.25) is 0 Å². The summed E-state index contributed by atoms with van der Waals surface area (Å²) in [5.41, 5.74) is 8.06. The molecule has 2 rings (SSSR count). The first kappa shape index (κ1) is 12.8. The van der Waals surface area contributed by atoms with Gasteiger partial charge in [-0.2, -0.15) is 0 Å². The number of nitrogens with zero attached hydrogens (tertiary/aromatic N) is 1. The van der Waals surface area contributed by atoms with E-state index in [0.717, 1.165) is 9.26 Å². The normalized spacial score (nSPS) is 10.1. The molecule has 1 amide bonds. The molecule has 0 bridgehead atoms. The van der Waals surface area contributed by atoms with Crippen molar-refractivity contribution in [3.63, 3.8) is 0 Å². The van der Waals surface area contributed by atoms with Crippen LogP contribution in [0, 0.1) is 10.5 Å². The fraction of sp³-hybridized carbons (Fsp3) is 0.0769. The zero-order valence-corrected chi connectivity index (χ0v) is 11.9. The number of para-hydroxylation sites is 1. The summed E-state index contributed by atoms with van der Waals surface area (Å²) >= 11 is 2.17. The van der Waals surface area contributed by atoms with E-state index >= 15 is 0 Å². The fourth-order valence-electron chi connectivity index (χ4n) is 1.53. The average Bonchev–Trinajstić information content (AvgIpc) is 2.35. The predicted octanol–water partition coefficient (Wildman–Crippen LogP) is 2.83. The van der Waals surface area contributed by atoms with Crippen LogP contribution >= 0.6 is 22.6 Å². The van der Waals surface area contributed by atoms with E-state index in [0.29, 0.717) is 16.9 Å². The molecule has 0 saturated carbocycles. The molecule has 1 aromatic heterocycles. The van der Waals surface area contributed by atoms with Gasteiger partial charge in [0.15, 0.2) is 0 Å². The number of aromatic nitrogens is 1. The third-order valence-corrected chi connectivity index (χ3v) is 3.42. The van der Waals surface area contributed by atoms with Gasteiger partial charge in [0.1, 0.15) is 0 Å². The number of halogens is 1. The van der Waals surface area contributed by atoms with Crippen molar-refractivity contribution in [1.82, 2.24) is 4.98 Å². The van der Waals surface area contributed by atoms with Gasteiger partial charge in [0.05, 0.1) is 28.8 Å². The highest BCUT2D eigenvalue weighted by molar-refractivity contribution is 14.1. The first-order chi connectivity index (χ1) is 8.58. The smallest absolute Gasteiger partial charge is 0.257 e. The summed E-state index contributed by atoms with van der Waals surface area (Å²) in [6.07, 6.45) is 1.54. The highest BCUT2D eigenvalue weighted by Gasteiger charge is 2.11. The zero-order chi connectivity index (χ0) is 13.1. The highest BCUT2D eigenvalue weighted by Crippen LogP contribution is 2.19. The van der Waals surface area contributed by atoms with Crippen LogP contribution in [0.5, 0.6) is 0 Å². The van der Waals surface area contributed by atoms with Gasteiger partial charge in [-0.05, 0) is 47.7 Å². The second-order valence-corrected chi connectivity index (χ2v) is 5.00. The van der Waals surface area contributed by atoms with Gasteiger partial charge in [-0.1, -0.05) is 12.1 Å². The number of carbonyl (C=O) groups excluding carboxylic acids is 1. The molecule has 1 heterocycles. The molecule has 0 aliphatic carbocycles. The molecule has 5 heteroatoms. The lowest BCUT2D eigenvalue weighted by molar-refractivity contribution is 0.102. The number of pyridine rings is 1. The minimum absolute atomic E-state index is 0.198. The molecule has 0 spiro atoms. The molecular weight excluding hydrogens is 341 g/mol. The highest BCUT2D eigenvalue weighted by atomic mass is 127. The minimum atomic E-state index is -0.198. The van der Waals surface area contributed by atoms with E-state index in [-0.39, 0.29) is 5.91 Å². The molecule has 92 valence electrons. The first-order valence-corrected chi connectivity index (χ1v) is 6.44. The third-order valence-electron chi connectivity index (χ3n) is 2.47. The quantitative estimate of drug-likeness (QED) is 0.816. The Hall–Kier alpha value is -1.63. The average molecular weight is 353 g/mol. The number of benzene rings is 1. The van der Waals surface area contributed by atoms with Crippen LogP contribution in [-0.2, 0) is 0 Å². The summed E-state index contributed by atoms with van der Waals surface area (Å²) in [5, 5.41) is 2.85. The van der Waals surface area contributed by atoms with E-state index in [1.165, 1.54) is 0 Å². The van der Waals surface area contributed by atoms with Gasteiger partial charge in [-0.3, -0.25) is 9.78 Å². The topological polar surface area (TPSA) is 68.0 Å². The molecule has 4 nitrogen and oxygen atoms in total. The van der Waals surface area contributed by atoms with E-state index in [1.54, 1.807) is 19.2 Å². The van der Waals surface area contributed by atoms with Crippen molar-refractivity contribution in [3.8, 4) is 0 Å². The molecule has 0 aliphatic heterocycles. The number of hydrogen-bond donors (Lipinski definition) is 2. The molecule has 3 N–H and O–H groups in total. The summed E-state index contributed by atoms with van der Waals surface area (Å²) in [6.45, 7) is 1.78. The molecule has 0 atom stereocenters. The number of nitrogens with two attached hydrogens (primary N) is 1. The van der Waals surface area contributed by atoms with Crippen molar-refractivity contribution in [1.29, 1.82) is 0 Å². The predicted molar refractivity (Wildman–Crippen MR) is 80.5 cm³/mol. The second kappa shape index (κ2) is 5.34. The Kier molecular flexibility index (Phi) is 3.81. The number of aryl methyl sites for hydroxylation is 1. The van der Waals surface area contributed by atoms with E-state index < -0.39 is 0 Å². The number of rotatable bonds is 2. The molecule has 0 saturated heterocycles. The van der Waals surface area contributed by atoms with Gasteiger partial charge in [-0.25, -0.2) is 0 Å². The number of nitrogen functional groups attached to an aromatic ring is 1. The van der Waals surface area contributed by atoms with E-state index in [9.17, 15) is 4.79 Å². The molecule has 18 heavy (non-hydrogen) atoms. The van der Waals surface area contributed by atoms with Gasteiger partial charge >= 0.3 is 0 Å². The molecule has 0 aliphatic rings. The Bertz CT molecular complexity index is 599. The summed E-state index contributed by atoms with van der Waals surface area (Å²) in [4.78, 5) is 16.2. The van der Waals surface area contributed by atoms with Gasteiger partial charge < -0.3 is 11.1 Å². The van der Waals surface area contributed by atoms with Crippen LogP contribution in [0.15, 0.2) is 36.5 Å². The van der Waals surface area contributed by atoms with Crippen molar-refractivity contribution in [3.05, 3.63) is 51.4 Å². The Balaban J connectivity index is 2.28. The van der Waals surface area contributed by atoms with Crippen LogP contribution in [0.25, 0.3) is 0 Å². The number of carbonyl (C=O) groups is 1. The summed E-state index contributed by atoms with van der Waals surface area (Å²) in [5.74, 6) is -0.198. The van der Waals surface area contributed by atoms with Crippen molar-refractivity contribution in [2.45, 2.75) is 6.92 Å². The van der Waals surface area contributed by atoms with Gasteiger partial charge in [0.25, 0.3) is 5.91 Å². The van der Waals surface area contributed by atoms with Crippen molar-refractivity contribution in [2.24, 2.45) is 0 Å². The Morgan fingerprint density at radius 3 is 2.83 bits per heavy atom. The van der Waals surface area contributed by atoms with E-state index in [1.807, 2.05) is 24.3 Å². The summed E-state index contributed by atoms with van der Waals surface area (Å²) < 4.78 is 0.984. The molecule has 0 unspecified atom stereocenters. The lowest BCUT2D eigenvalue weighted by atomic mass is 10.1. The number of amides is 1. The van der Waals surface area contributed by atoms with Crippen LogP contribution in [-0.4, -0.2) is 10.9 Å². The van der Waals surface area contributed by atoms with Crippen molar-refractivity contribution >= 4 is 39.9 Å². The Morgan fingerprint density at radius 2 is 2.11 bits per heavy atom. The maximum absolute atomic E-state index is 12.1. The molecule has 2 aromatic rings. The molecule has 0 fully saturated rings. The third kappa shape index (κ3) is 2.79. The van der Waals surface area contributed by atoms with Crippen molar-refractivity contribution < 1.29 is 4.79 Å². The SMILES string of the molecule is Cc1ncc(N)cc1C(=O)Nc1ccccc1I.